The molecule has 1 heterocycles. The smallest absolute Gasteiger partial charge is 0.189 e. The summed E-state index contributed by atoms with van der Waals surface area (Å²) in [5.41, 5.74) is 6.72. The maximum atomic E-state index is 12.0. The van der Waals surface area contributed by atoms with Gasteiger partial charge < -0.3 is 11.1 Å². The molecule has 3 N–H and O–H groups in total. The predicted molar refractivity (Wildman–Crippen MR) is 111 cm³/mol. The fourth-order valence-corrected chi connectivity index (χ4v) is 4.96. The van der Waals surface area contributed by atoms with E-state index in [0.29, 0.717) is 16.5 Å². The van der Waals surface area contributed by atoms with Gasteiger partial charge in [0.15, 0.2) is 15.8 Å². The number of guanidine groups is 1. The van der Waals surface area contributed by atoms with Crippen LogP contribution in [-0.4, -0.2) is 31.9 Å². The first kappa shape index (κ1) is 21.8. The maximum Gasteiger partial charge on any atom is 0.189 e. The highest BCUT2D eigenvalue weighted by Crippen LogP contribution is 2.26. The molecular formula is C15H22Cl2IN3O2S. The standard InChI is InChI=1S/C15H21Cl2N3O2S.HI/c1-10(13-6-5-11(16)8-14(13)17)20-15(18)19-9-12-4-2-3-7-23(12,21)22;/h5-6,8,10,12H,2-4,7,9H2,1H3,(H3,18,19,20);1H. The zero-order chi connectivity index (χ0) is 17.0. The minimum Gasteiger partial charge on any atom is -0.370 e. The van der Waals surface area contributed by atoms with E-state index in [-0.39, 0.29) is 48.3 Å². The molecule has 2 atom stereocenters. The van der Waals surface area contributed by atoms with Gasteiger partial charge in [-0.05, 0) is 37.5 Å². The molecule has 0 saturated carbocycles. The second kappa shape index (κ2) is 9.45. The Kier molecular flexibility index (Phi) is 8.58. The van der Waals surface area contributed by atoms with Crippen molar-refractivity contribution in [3.8, 4) is 0 Å². The minimum absolute atomic E-state index is 0. The zero-order valence-corrected chi connectivity index (χ0v) is 18.0. The summed E-state index contributed by atoms with van der Waals surface area (Å²) in [6.07, 6.45) is 2.31. The van der Waals surface area contributed by atoms with Crippen LogP contribution >= 0.6 is 47.2 Å². The van der Waals surface area contributed by atoms with E-state index < -0.39 is 15.1 Å². The first-order chi connectivity index (χ1) is 10.8. The SMILES string of the molecule is CC(NC(N)=NCC1CCCCS1(=O)=O)c1ccc(Cl)cc1Cl.I. The highest BCUT2D eigenvalue weighted by atomic mass is 127. The maximum absolute atomic E-state index is 12.0. The van der Waals surface area contributed by atoms with Crippen molar-refractivity contribution in [3.63, 3.8) is 0 Å². The van der Waals surface area contributed by atoms with Crippen molar-refractivity contribution in [1.29, 1.82) is 0 Å². The third kappa shape index (κ3) is 5.93. The summed E-state index contributed by atoms with van der Waals surface area (Å²) in [6.45, 7) is 2.09. The Hall–Kier alpha value is -0.250. The van der Waals surface area contributed by atoms with Gasteiger partial charge >= 0.3 is 0 Å². The van der Waals surface area contributed by atoms with E-state index in [0.717, 1.165) is 18.4 Å². The number of rotatable bonds is 4. The molecule has 0 radical (unpaired) electrons. The molecule has 1 fully saturated rings. The molecule has 1 aliphatic rings. The van der Waals surface area contributed by atoms with Crippen molar-refractivity contribution in [2.45, 2.75) is 37.5 Å². The van der Waals surface area contributed by atoms with Gasteiger partial charge in [0.1, 0.15) is 0 Å². The van der Waals surface area contributed by atoms with E-state index in [4.69, 9.17) is 28.9 Å². The number of hydrogen-bond donors (Lipinski definition) is 2. The topological polar surface area (TPSA) is 84.5 Å². The van der Waals surface area contributed by atoms with Crippen LogP contribution < -0.4 is 11.1 Å². The molecule has 5 nitrogen and oxygen atoms in total. The van der Waals surface area contributed by atoms with Crippen LogP contribution in [0.25, 0.3) is 0 Å². The number of benzene rings is 1. The molecule has 0 spiro atoms. The lowest BCUT2D eigenvalue weighted by molar-refractivity contribution is 0.541. The van der Waals surface area contributed by atoms with E-state index in [2.05, 4.69) is 10.3 Å². The van der Waals surface area contributed by atoms with Crippen molar-refractivity contribution in [2.75, 3.05) is 12.3 Å². The monoisotopic (exact) mass is 505 g/mol. The quantitative estimate of drug-likeness (QED) is 0.372. The Labute approximate surface area is 170 Å². The van der Waals surface area contributed by atoms with Crippen LogP contribution in [0.2, 0.25) is 10.0 Å². The van der Waals surface area contributed by atoms with Gasteiger partial charge in [-0.3, -0.25) is 4.99 Å². The Morgan fingerprint density at radius 2 is 2.12 bits per heavy atom. The third-order valence-electron chi connectivity index (χ3n) is 3.97. The van der Waals surface area contributed by atoms with E-state index >= 15 is 0 Å². The average molecular weight is 506 g/mol. The highest BCUT2D eigenvalue weighted by Gasteiger charge is 2.28. The highest BCUT2D eigenvalue weighted by molar-refractivity contribution is 14.0. The second-order valence-corrected chi connectivity index (χ2v) is 8.99. The molecule has 1 aliphatic heterocycles. The van der Waals surface area contributed by atoms with Crippen molar-refractivity contribution >= 4 is 63.0 Å². The van der Waals surface area contributed by atoms with Gasteiger partial charge in [0.2, 0.25) is 0 Å². The van der Waals surface area contributed by atoms with Crippen LogP contribution in [0, 0.1) is 0 Å². The molecule has 9 heteroatoms. The lowest BCUT2D eigenvalue weighted by Gasteiger charge is -2.21. The largest absolute Gasteiger partial charge is 0.370 e. The molecule has 136 valence electrons. The minimum atomic E-state index is -3.04. The Morgan fingerprint density at radius 3 is 2.75 bits per heavy atom. The summed E-state index contributed by atoms with van der Waals surface area (Å²) in [7, 11) is -3.04. The molecule has 0 amide bonds. The van der Waals surface area contributed by atoms with Gasteiger partial charge in [0.25, 0.3) is 0 Å². The molecular weight excluding hydrogens is 484 g/mol. The van der Waals surface area contributed by atoms with Crippen LogP contribution in [0.1, 0.15) is 37.8 Å². The van der Waals surface area contributed by atoms with Crippen LogP contribution in [0.4, 0.5) is 0 Å². The summed E-state index contributed by atoms with van der Waals surface area (Å²) in [5.74, 6) is 0.460. The van der Waals surface area contributed by atoms with E-state index in [9.17, 15) is 8.42 Å². The first-order valence-corrected chi connectivity index (χ1v) is 9.99. The van der Waals surface area contributed by atoms with Gasteiger partial charge in [0.05, 0.1) is 23.6 Å². The van der Waals surface area contributed by atoms with Gasteiger partial charge in [0, 0.05) is 10.0 Å². The van der Waals surface area contributed by atoms with Gasteiger partial charge in [-0.25, -0.2) is 8.42 Å². The van der Waals surface area contributed by atoms with Crippen molar-refractivity contribution in [1.82, 2.24) is 5.32 Å². The molecule has 2 rings (SSSR count). The number of sulfone groups is 1. The molecule has 1 saturated heterocycles. The zero-order valence-electron chi connectivity index (χ0n) is 13.3. The molecule has 1 aromatic carbocycles. The lowest BCUT2D eigenvalue weighted by Crippen LogP contribution is -2.36. The van der Waals surface area contributed by atoms with E-state index in [1.807, 2.05) is 13.0 Å². The Balaban J connectivity index is 0.00000288. The van der Waals surface area contributed by atoms with Crippen LogP contribution in [-0.2, 0) is 9.84 Å². The van der Waals surface area contributed by atoms with E-state index in [1.54, 1.807) is 12.1 Å². The van der Waals surface area contributed by atoms with Gasteiger partial charge in [-0.1, -0.05) is 35.7 Å². The lowest BCUT2D eigenvalue weighted by atomic mass is 10.1. The van der Waals surface area contributed by atoms with E-state index in [1.165, 1.54) is 0 Å². The molecule has 0 aliphatic carbocycles. The normalized spacial score (nSPS) is 21.6. The third-order valence-corrected chi connectivity index (χ3v) is 6.79. The average Bonchev–Trinajstić information content (AvgIpc) is 2.45. The Bertz CT molecular complexity index is 698. The predicted octanol–water partition coefficient (Wildman–Crippen LogP) is 3.54. The second-order valence-electron chi connectivity index (χ2n) is 5.74. The summed E-state index contributed by atoms with van der Waals surface area (Å²) < 4.78 is 23.9. The fraction of sp³-hybridized carbons (Fsp3) is 0.533. The van der Waals surface area contributed by atoms with Gasteiger partial charge in [-0.2, -0.15) is 0 Å². The molecule has 2 unspecified atom stereocenters. The summed E-state index contributed by atoms with van der Waals surface area (Å²) in [6, 6.07) is 5.08. The van der Waals surface area contributed by atoms with Crippen LogP contribution in [0.15, 0.2) is 23.2 Å². The summed E-state index contributed by atoms with van der Waals surface area (Å²) in [4.78, 5) is 4.19. The van der Waals surface area contributed by atoms with Crippen LogP contribution in [0.3, 0.4) is 0 Å². The molecule has 0 aromatic heterocycles. The fourth-order valence-electron chi connectivity index (χ4n) is 2.62. The number of nitrogens with two attached hydrogens (primary N) is 1. The van der Waals surface area contributed by atoms with Gasteiger partial charge in [-0.15, -0.1) is 24.0 Å². The molecule has 1 aromatic rings. The molecule has 24 heavy (non-hydrogen) atoms. The number of hydrogen-bond acceptors (Lipinski definition) is 3. The number of halogens is 3. The van der Waals surface area contributed by atoms with Crippen LogP contribution in [0.5, 0.6) is 0 Å². The number of nitrogens with zero attached hydrogens (tertiary/aromatic N) is 1. The number of nitrogens with one attached hydrogen (secondary N) is 1. The first-order valence-electron chi connectivity index (χ1n) is 7.52. The number of aliphatic imine (C=N–C) groups is 1. The molecule has 0 bridgehead atoms. The Morgan fingerprint density at radius 1 is 1.42 bits per heavy atom. The van der Waals surface area contributed by atoms with Crippen molar-refractivity contribution in [3.05, 3.63) is 33.8 Å². The van der Waals surface area contributed by atoms with Crippen molar-refractivity contribution in [2.24, 2.45) is 10.7 Å². The summed E-state index contributed by atoms with van der Waals surface area (Å²) in [5, 5.41) is 3.71. The van der Waals surface area contributed by atoms with Crippen molar-refractivity contribution < 1.29 is 8.42 Å². The summed E-state index contributed by atoms with van der Waals surface area (Å²) >= 11 is 12.0.